The van der Waals surface area contributed by atoms with Crippen LogP contribution in [0.15, 0.2) is 16.7 Å². The van der Waals surface area contributed by atoms with Crippen molar-refractivity contribution < 1.29 is 37.9 Å². The molecule has 0 aromatic rings. The standard InChI is InChI=1S/C9H12N2.V.W/c1-5-7(2)9(4)8(3)6-11-10;;/h1-4H3;;. The van der Waals surface area contributed by atoms with Crippen molar-refractivity contribution in [2.75, 3.05) is 0 Å². The third kappa shape index (κ3) is 4.72. The fourth-order valence-corrected chi connectivity index (χ4v) is 1.25. The van der Waals surface area contributed by atoms with Gasteiger partial charge in [0.2, 0.25) is 0 Å². The van der Waals surface area contributed by atoms with Crippen LogP contribution in [0.3, 0.4) is 0 Å². The summed E-state index contributed by atoms with van der Waals surface area (Å²) in [6.07, 6.45) is 3.06. The van der Waals surface area contributed by atoms with Gasteiger partial charge in [0.25, 0.3) is 0 Å². The number of allylic oxidation sites excluding steroid dienone is 3. The van der Waals surface area contributed by atoms with Gasteiger partial charge in [0.1, 0.15) is 0 Å². The molecule has 0 heterocycles. The predicted octanol–water partition coefficient (Wildman–Crippen LogP) is 2.62. The Labute approximate surface area is 102 Å². The fraction of sp³-hybridized carbons (Fsp3) is 0.444. The van der Waals surface area contributed by atoms with Gasteiger partial charge < -0.3 is 0 Å². The third-order valence-electron chi connectivity index (χ3n) is 1.91. The first-order valence-corrected chi connectivity index (χ1v) is 5.09. The minimum Gasteiger partial charge on any atom is 0 e. The SMILES string of the molecule is C[C-]=C(C)C(C)=C(C)[C](=[W])[N+]#N.[V]. The van der Waals surface area contributed by atoms with Gasteiger partial charge in [-0.1, -0.05) is 0 Å². The van der Waals surface area contributed by atoms with Gasteiger partial charge in [-0.2, -0.15) is 0 Å². The van der Waals surface area contributed by atoms with Crippen LogP contribution in [-0.2, 0) is 37.9 Å². The monoisotopic (exact) mass is 383 g/mol. The molecule has 0 saturated carbocycles. The van der Waals surface area contributed by atoms with Crippen LogP contribution in [0.4, 0.5) is 0 Å². The van der Waals surface area contributed by atoms with Crippen molar-refractivity contribution in [3.8, 4) is 0 Å². The molecule has 0 unspecified atom stereocenters. The molecule has 0 rings (SSSR count). The van der Waals surface area contributed by atoms with Gasteiger partial charge in [-0.3, -0.25) is 0 Å². The van der Waals surface area contributed by atoms with E-state index in [-0.39, 0.29) is 18.6 Å². The summed E-state index contributed by atoms with van der Waals surface area (Å²) in [6.45, 7) is 7.84. The maximum atomic E-state index is 8.55. The van der Waals surface area contributed by atoms with Gasteiger partial charge >= 0.3 is 84.2 Å². The number of rotatable bonds is 2. The van der Waals surface area contributed by atoms with Crippen molar-refractivity contribution in [2.45, 2.75) is 27.7 Å². The Morgan fingerprint density at radius 1 is 1.23 bits per heavy atom. The first-order valence-electron chi connectivity index (χ1n) is 3.63. The van der Waals surface area contributed by atoms with Crippen LogP contribution in [0.25, 0.3) is 4.98 Å². The molecule has 0 amide bonds. The van der Waals surface area contributed by atoms with Crippen LogP contribution < -0.4 is 0 Å². The van der Waals surface area contributed by atoms with Crippen LogP contribution >= 0.6 is 0 Å². The Morgan fingerprint density at radius 2 is 1.69 bits per heavy atom. The second-order valence-electron chi connectivity index (χ2n) is 2.53. The van der Waals surface area contributed by atoms with Crippen molar-refractivity contribution in [1.29, 1.82) is 5.39 Å². The second-order valence-corrected chi connectivity index (χ2v) is 3.92. The Hall–Kier alpha value is 0.0427. The van der Waals surface area contributed by atoms with E-state index in [1.54, 1.807) is 0 Å². The molecule has 0 spiro atoms. The number of diazo groups is 1. The summed E-state index contributed by atoms with van der Waals surface area (Å²) in [5.41, 5.74) is 3.29. The minimum atomic E-state index is 0. The second kappa shape index (κ2) is 7.45. The van der Waals surface area contributed by atoms with E-state index in [4.69, 9.17) is 5.39 Å². The molecular weight excluding hydrogens is 371 g/mol. The normalized spacial score (nSPS) is 12.4. The quantitative estimate of drug-likeness (QED) is 0.410. The molecule has 0 N–H and O–H groups in total. The van der Waals surface area contributed by atoms with E-state index < -0.39 is 0 Å². The fourth-order valence-electron chi connectivity index (χ4n) is 0.704. The summed E-state index contributed by atoms with van der Waals surface area (Å²) in [5.74, 6) is 0. The van der Waals surface area contributed by atoms with Crippen molar-refractivity contribution >= 4 is 4.02 Å². The molecule has 0 aliphatic rings. The largest absolute Gasteiger partial charge is 0 e. The summed E-state index contributed by atoms with van der Waals surface area (Å²) in [7, 11) is 0. The van der Waals surface area contributed by atoms with Crippen molar-refractivity contribution in [2.24, 2.45) is 0 Å². The summed E-state index contributed by atoms with van der Waals surface area (Å²) < 4.78 is 0.738. The summed E-state index contributed by atoms with van der Waals surface area (Å²) in [4.78, 5) is 3.18. The van der Waals surface area contributed by atoms with Gasteiger partial charge in [0, 0.05) is 18.6 Å². The Bertz CT molecular complexity index is 297. The van der Waals surface area contributed by atoms with Gasteiger partial charge in [0.15, 0.2) is 0 Å². The van der Waals surface area contributed by atoms with Crippen molar-refractivity contribution in [3.05, 3.63) is 27.8 Å². The van der Waals surface area contributed by atoms with E-state index in [1.165, 1.54) is 19.4 Å². The minimum absolute atomic E-state index is 0. The zero-order valence-corrected chi connectivity index (χ0v) is 12.6. The third-order valence-corrected chi connectivity index (χ3v) is 3.30. The number of nitrogens with zero attached hydrogens (tertiary/aromatic N) is 2. The van der Waals surface area contributed by atoms with E-state index >= 15 is 0 Å². The smallest absolute Gasteiger partial charge is 0 e. The topological polar surface area (TPSA) is 28.1 Å². The van der Waals surface area contributed by atoms with E-state index in [2.05, 4.69) is 11.1 Å². The van der Waals surface area contributed by atoms with Crippen molar-refractivity contribution in [1.82, 2.24) is 0 Å². The maximum Gasteiger partial charge on any atom is 0 e. The first kappa shape index (κ1) is 15.5. The molecular formula is C9H12N2VW. The maximum absolute atomic E-state index is 8.55. The van der Waals surface area contributed by atoms with Gasteiger partial charge in [-0.05, 0) is 0 Å². The van der Waals surface area contributed by atoms with Crippen molar-refractivity contribution in [3.63, 3.8) is 0 Å². The Kier molecular flexibility index (Phi) is 8.89. The zero-order chi connectivity index (χ0) is 9.72. The van der Waals surface area contributed by atoms with Gasteiger partial charge in [-0.15, -0.1) is 0 Å². The molecule has 1 radical (unpaired) electrons. The molecule has 0 atom stereocenters. The molecule has 0 aliphatic heterocycles. The average Bonchev–Trinajstić information content (AvgIpc) is 2.12. The van der Waals surface area contributed by atoms with E-state index in [0.717, 1.165) is 20.7 Å². The number of hydrogen-bond acceptors (Lipinski definition) is 1. The van der Waals surface area contributed by atoms with Crippen LogP contribution in [0, 0.1) is 11.5 Å². The van der Waals surface area contributed by atoms with Gasteiger partial charge in [-0.25, -0.2) is 0 Å². The van der Waals surface area contributed by atoms with Gasteiger partial charge in [0.05, 0.1) is 0 Å². The molecule has 2 nitrogen and oxygen atoms in total. The molecule has 69 valence electrons. The van der Waals surface area contributed by atoms with Crippen LogP contribution in [-0.4, -0.2) is 4.02 Å². The van der Waals surface area contributed by atoms with Crippen LogP contribution in [0.1, 0.15) is 27.7 Å². The summed E-state index contributed by atoms with van der Waals surface area (Å²) in [5, 5.41) is 8.55. The molecule has 0 aliphatic carbocycles. The number of hydrogen-bond donors (Lipinski definition) is 0. The Morgan fingerprint density at radius 3 is 2.00 bits per heavy atom. The summed E-state index contributed by atoms with van der Waals surface area (Å²) >= 11 is 1.17. The molecule has 4 heteroatoms. The molecule has 13 heavy (non-hydrogen) atoms. The molecule has 0 bridgehead atoms. The average molecular weight is 383 g/mol. The molecule has 0 aromatic carbocycles. The molecule has 0 aromatic heterocycles. The molecule has 0 saturated heterocycles. The van der Waals surface area contributed by atoms with E-state index in [0.29, 0.717) is 0 Å². The predicted molar refractivity (Wildman–Crippen MR) is 46.6 cm³/mol. The van der Waals surface area contributed by atoms with Crippen LogP contribution in [0.5, 0.6) is 0 Å². The molecule has 0 fully saturated rings. The van der Waals surface area contributed by atoms with Crippen LogP contribution in [0.2, 0.25) is 0 Å². The van der Waals surface area contributed by atoms with E-state index in [1.807, 2.05) is 27.7 Å². The zero-order valence-electron chi connectivity index (χ0n) is 8.25. The summed E-state index contributed by atoms with van der Waals surface area (Å²) in [6, 6.07) is 0. The first-order chi connectivity index (χ1) is 5.54. The van der Waals surface area contributed by atoms with E-state index in [9.17, 15) is 0 Å². The Balaban J connectivity index is 0.